The largest absolute Gasteiger partial charge is 0.338 e. The van der Waals surface area contributed by atoms with Gasteiger partial charge in [-0.2, -0.15) is 0 Å². The Labute approximate surface area is 131 Å². The molecule has 114 valence electrons. The summed E-state index contributed by atoms with van der Waals surface area (Å²) in [5, 5.41) is 0.747. The summed E-state index contributed by atoms with van der Waals surface area (Å²) in [6.07, 6.45) is 4.27. The Bertz CT molecular complexity index is 531. The van der Waals surface area contributed by atoms with Crippen LogP contribution in [0.25, 0.3) is 0 Å². The predicted octanol–water partition coefficient (Wildman–Crippen LogP) is 3.17. The monoisotopic (exact) mass is 306 g/mol. The van der Waals surface area contributed by atoms with Gasteiger partial charge in [0.2, 0.25) is 5.91 Å². The molecule has 1 amide bonds. The van der Waals surface area contributed by atoms with Crippen LogP contribution in [0.4, 0.5) is 0 Å². The minimum Gasteiger partial charge on any atom is -0.338 e. The summed E-state index contributed by atoms with van der Waals surface area (Å²) in [7, 11) is 0. The molecule has 0 spiro atoms. The van der Waals surface area contributed by atoms with Crippen molar-refractivity contribution in [2.45, 2.75) is 50.6 Å². The first-order valence-corrected chi connectivity index (χ1v) is 8.27. The van der Waals surface area contributed by atoms with Gasteiger partial charge < -0.3 is 10.6 Å². The van der Waals surface area contributed by atoms with Crippen molar-refractivity contribution >= 4 is 17.5 Å². The molecule has 2 fully saturated rings. The molecule has 21 heavy (non-hydrogen) atoms. The molecule has 3 nitrogen and oxygen atoms in total. The van der Waals surface area contributed by atoms with Crippen LogP contribution < -0.4 is 5.73 Å². The van der Waals surface area contributed by atoms with Gasteiger partial charge in [-0.1, -0.05) is 23.7 Å². The van der Waals surface area contributed by atoms with E-state index in [0.29, 0.717) is 11.8 Å². The van der Waals surface area contributed by atoms with Crippen molar-refractivity contribution in [1.29, 1.82) is 0 Å². The molecule has 1 heterocycles. The lowest BCUT2D eigenvalue weighted by atomic mass is 9.96. The van der Waals surface area contributed by atoms with Gasteiger partial charge in [0.05, 0.1) is 0 Å². The molecule has 1 saturated carbocycles. The Morgan fingerprint density at radius 1 is 1.43 bits per heavy atom. The van der Waals surface area contributed by atoms with E-state index >= 15 is 0 Å². The zero-order valence-corrected chi connectivity index (χ0v) is 13.2. The topological polar surface area (TPSA) is 46.3 Å². The average Bonchev–Trinajstić information content (AvgIpc) is 3.27. The number of amides is 1. The number of halogens is 1. The summed E-state index contributed by atoms with van der Waals surface area (Å²) in [4.78, 5) is 14.8. The number of hydrogen-bond donors (Lipinski definition) is 1. The van der Waals surface area contributed by atoms with Gasteiger partial charge >= 0.3 is 0 Å². The molecule has 4 heteroatoms. The highest BCUT2D eigenvalue weighted by atomic mass is 35.5. The Morgan fingerprint density at radius 2 is 2.24 bits per heavy atom. The number of piperidine rings is 1. The minimum absolute atomic E-state index is 0.0534. The second-order valence-electron chi connectivity index (χ2n) is 6.46. The van der Waals surface area contributed by atoms with Crippen LogP contribution in [0.2, 0.25) is 5.02 Å². The van der Waals surface area contributed by atoms with Gasteiger partial charge in [0, 0.05) is 29.6 Å². The van der Waals surface area contributed by atoms with Gasteiger partial charge in [-0.3, -0.25) is 4.79 Å². The summed E-state index contributed by atoms with van der Waals surface area (Å²) in [6.45, 7) is 2.88. The van der Waals surface area contributed by atoms with E-state index in [1.807, 2.05) is 30.0 Å². The van der Waals surface area contributed by atoms with Crippen molar-refractivity contribution in [2.75, 3.05) is 6.54 Å². The second kappa shape index (κ2) is 5.98. The van der Waals surface area contributed by atoms with E-state index in [1.54, 1.807) is 0 Å². The van der Waals surface area contributed by atoms with Crippen LogP contribution in [-0.2, 0) is 4.79 Å². The van der Waals surface area contributed by atoms with Crippen LogP contribution in [0.5, 0.6) is 0 Å². The molecular weight excluding hydrogens is 284 g/mol. The maximum atomic E-state index is 12.8. The molecule has 1 aliphatic carbocycles. The summed E-state index contributed by atoms with van der Waals surface area (Å²) in [5.74, 6) is 0.761. The zero-order valence-electron chi connectivity index (χ0n) is 12.5. The highest BCUT2D eigenvalue weighted by molar-refractivity contribution is 6.30. The van der Waals surface area contributed by atoms with Gasteiger partial charge in [-0.15, -0.1) is 0 Å². The lowest BCUT2D eigenvalue weighted by molar-refractivity contribution is -0.136. The Morgan fingerprint density at radius 3 is 2.95 bits per heavy atom. The molecule has 0 bridgehead atoms. The summed E-state index contributed by atoms with van der Waals surface area (Å²) >= 11 is 6.05. The Hall–Kier alpha value is -1.06. The van der Waals surface area contributed by atoms with Gasteiger partial charge in [0.15, 0.2) is 0 Å². The van der Waals surface area contributed by atoms with Gasteiger partial charge in [-0.25, -0.2) is 0 Å². The number of carbonyl (C=O) groups excluding carboxylic acids is 1. The fraction of sp³-hybridized carbons (Fsp3) is 0.588. The van der Waals surface area contributed by atoms with Crippen LogP contribution in [-0.4, -0.2) is 29.4 Å². The van der Waals surface area contributed by atoms with E-state index in [2.05, 4.69) is 6.07 Å². The van der Waals surface area contributed by atoms with E-state index < -0.39 is 0 Å². The number of rotatable bonds is 3. The third-order valence-electron chi connectivity index (χ3n) is 4.82. The molecule has 4 atom stereocenters. The molecule has 1 aliphatic heterocycles. The summed E-state index contributed by atoms with van der Waals surface area (Å²) < 4.78 is 0. The predicted molar refractivity (Wildman–Crippen MR) is 85.3 cm³/mol. The fourth-order valence-corrected chi connectivity index (χ4v) is 3.76. The minimum atomic E-state index is 0.0534. The maximum Gasteiger partial charge on any atom is 0.226 e. The second-order valence-corrected chi connectivity index (χ2v) is 6.89. The van der Waals surface area contributed by atoms with Gasteiger partial charge in [0.1, 0.15) is 0 Å². The first kappa shape index (κ1) is 14.9. The van der Waals surface area contributed by atoms with E-state index in [9.17, 15) is 4.79 Å². The number of nitrogens with zero attached hydrogens (tertiary/aromatic N) is 1. The lowest BCUT2D eigenvalue weighted by Crippen LogP contribution is -2.52. The molecule has 2 N–H and O–H groups in total. The highest BCUT2D eigenvalue weighted by Gasteiger charge is 2.47. The van der Waals surface area contributed by atoms with Crippen LogP contribution in [0.1, 0.15) is 44.1 Å². The first-order valence-electron chi connectivity index (χ1n) is 7.89. The lowest BCUT2D eigenvalue weighted by Gasteiger charge is -2.38. The van der Waals surface area contributed by atoms with Crippen molar-refractivity contribution in [3.8, 4) is 0 Å². The van der Waals surface area contributed by atoms with E-state index in [4.69, 9.17) is 17.3 Å². The van der Waals surface area contributed by atoms with Crippen LogP contribution in [0.15, 0.2) is 24.3 Å². The molecule has 2 aliphatic rings. The molecule has 1 saturated heterocycles. The van der Waals surface area contributed by atoms with E-state index in [0.717, 1.165) is 30.8 Å². The van der Waals surface area contributed by atoms with Crippen LogP contribution in [0, 0.1) is 5.92 Å². The van der Waals surface area contributed by atoms with E-state index in [-0.39, 0.29) is 18.0 Å². The van der Waals surface area contributed by atoms with Gasteiger partial charge in [-0.05, 0) is 56.2 Å². The highest BCUT2D eigenvalue weighted by Crippen LogP contribution is 2.49. The number of nitrogens with two attached hydrogens (primary N) is 1. The zero-order chi connectivity index (χ0) is 15.0. The first-order chi connectivity index (χ1) is 10.1. The van der Waals surface area contributed by atoms with Crippen molar-refractivity contribution in [1.82, 2.24) is 4.90 Å². The third kappa shape index (κ3) is 3.09. The number of benzene rings is 1. The van der Waals surface area contributed by atoms with Crippen molar-refractivity contribution in [3.05, 3.63) is 34.9 Å². The van der Waals surface area contributed by atoms with Crippen LogP contribution in [0.3, 0.4) is 0 Å². The quantitative estimate of drug-likeness (QED) is 0.932. The Kier molecular flexibility index (Phi) is 4.23. The van der Waals surface area contributed by atoms with Crippen LogP contribution >= 0.6 is 11.6 Å². The molecular formula is C17H23ClN2O. The normalized spacial score (nSPS) is 30.0. The third-order valence-corrected chi connectivity index (χ3v) is 5.06. The molecule has 1 aromatic rings. The van der Waals surface area contributed by atoms with Crippen molar-refractivity contribution in [2.24, 2.45) is 11.7 Å². The summed E-state index contributed by atoms with van der Waals surface area (Å²) in [6, 6.07) is 8.16. The van der Waals surface area contributed by atoms with Crippen molar-refractivity contribution in [3.63, 3.8) is 0 Å². The molecule has 0 aromatic heterocycles. The number of hydrogen-bond acceptors (Lipinski definition) is 2. The smallest absolute Gasteiger partial charge is 0.226 e. The molecule has 0 radical (unpaired) electrons. The Balaban J connectivity index is 1.69. The maximum absolute atomic E-state index is 12.8. The molecule has 1 aromatic carbocycles. The van der Waals surface area contributed by atoms with Gasteiger partial charge in [0.25, 0.3) is 0 Å². The SMILES string of the molecule is CC(N)C1CCCCN1C(=O)C1CC1c1cccc(Cl)c1. The van der Waals surface area contributed by atoms with E-state index in [1.165, 1.54) is 12.0 Å². The average molecular weight is 307 g/mol. The number of likely N-dealkylation sites (tertiary alicyclic amines) is 1. The summed E-state index contributed by atoms with van der Waals surface area (Å²) in [5.41, 5.74) is 7.26. The molecule has 3 rings (SSSR count). The number of carbonyl (C=O) groups is 1. The molecule has 4 unspecified atom stereocenters. The standard InChI is InChI=1S/C17H23ClN2O/c1-11(19)16-7-2-3-8-20(16)17(21)15-10-14(15)12-5-4-6-13(18)9-12/h4-6,9,11,14-16H,2-3,7-8,10,19H2,1H3. The van der Waals surface area contributed by atoms with Crippen molar-refractivity contribution < 1.29 is 4.79 Å². The fourth-order valence-electron chi connectivity index (χ4n) is 3.56.